The molecule has 2 N–H and O–H groups in total. The smallest absolute Gasteiger partial charge is 0.191 e. The second-order valence-corrected chi connectivity index (χ2v) is 6.41. The van der Waals surface area contributed by atoms with Crippen LogP contribution in [0.25, 0.3) is 0 Å². The van der Waals surface area contributed by atoms with E-state index < -0.39 is 0 Å². The number of halogens is 1. The topological polar surface area (TPSA) is 82.6 Å². The Morgan fingerprint density at radius 3 is 2.00 bits per heavy atom. The predicted octanol–water partition coefficient (Wildman–Crippen LogP) is 3.47. The molecule has 0 amide bonds. The largest absolute Gasteiger partial charge is 0.496 e. The van der Waals surface area contributed by atoms with Gasteiger partial charge in [-0.3, -0.25) is 4.99 Å². The Labute approximate surface area is 201 Å². The van der Waals surface area contributed by atoms with E-state index in [0.29, 0.717) is 47.8 Å². The van der Waals surface area contributed by atoms with E-state index in [-0.39, 0.29) is 30.1 Å². The molecule has 2 rings (SSSR count). The number of nitrogens with zero attached hydrogens (tertiary/aromatic N) is 1. The number of hydrogen-bond acceptors (Lipinski definition) is 6. The van der Waals surface area contributed by atoms with Crippen LogP contribution in [0.1, 0.15) is 12.5 Å². The van der Waals surface area contributed by atoms with Gasteiger partial charge in [0.25, 0.3) is 0 Å². The van der Waals surface area contributed by atoms with Crippen molar-refractivity contribution in [2.75, 3.05) is 42.0 Å². The van der Waals surface area contributed by atoms with Crippen molar-refractivity contribution in [2.24, 2.45) is 4.99 Å². The lowest BCUT2D eigenvalue weighted by atomic mass is 10.1. The lowest BCUT2D eigenvalue weighted by molar-refractivity contribution is 0.213. The van der Waals surface area contributed by atoms with E-state index in [4.69, 9.17) is 23.7 Å². The molecule has 172 valence electrons. The van der Waals surface area contributed by atoms with Crippen molar-refractivity contribution in [1.82, 2.24) is 10.6 Å². The third kappa shape index (κ3) is 7.57. The lowest BCUT2D eigenvalue weighted by Crippen LogP contribution is -2.41. The minimum atomic E-state index is -0.101. The Balaban J connectivity index is 0.00000480. The maximum Gasteiger partial charge on any atom is 0.191 e. The quantitative estimate of drug-likeness (QED) is 0.269. The van der Waals surface area contributed by atoms with E-state index >= 15 is 0 Å². The average Bonchev–Trinajstić information content (AvgIpc) is 2.78. The first-order valence-electron chi connectivity index (χ1n) is 9.59. The molecular formula is C22H32IN3O5. The highest BCUT2D eigenvalue weighted by Gasteiger charge is 2.13. The van der Waals surface area contributed by atoms with Crippen LogP contribution in [0.2, 0.25) is 0 Å². The number of ether oxygens (including phenoxy) is 5. The zero-order chi connectivity index (χ0) is 21.9. The Hall–Kier alpha value is -2.56. The van der Waals surface area contributed by atoms with Crippen LogP contribution in [0.3, 0.4) is 0 Å². The molecule has 1 atom stereocenters. The highest BCUT2D eigenvalue weighted by Crippen LogP contribution is 2.34. The van der Waals surface area contributed by atoms with Crippen molar-refractivity contribution in [2.45, 2.75) is 19.6 Å². The van der Waals surface area contributed by atoms with Crippen molar-refractivity contribution in [3.05, 3.63) is 42.0 Å². The number of rotatable bonds is 10. The number of guanidine groups is 1. The fourth-order valence-electron chi connectivity index (χ4n) is 2.85. The van der Waals surface area contributed by atoms with E-state index in [0.717, 1.165) is 5.56 Å². The fourth-order valence-corrected chi connectivity index (χ4v) is 2.85. The minimum Gasteiger partial charge on any atom is -0.496 e. The van der Waals surface area contributed by atoms with Crippen LogP contribution in [0, 0.1) is 0 Å². The summed E-state index contributed by atoms with van der Waals surface area (Å²) >= 11 is 0. The van der Waals surface area contributed by atoms with Gasteiger partial charge in [-0.05, 0) is 25.1 Å². The van der Waals surface area contributed by atoms with Crippen LogP contribution < -0.4 is 34.3 Å². The zero-order valence-electron chi connectivity index (χ0n) is 18.9. The highest BCUT2D eigenvalue weighted by atomic mass is 127. The third-order valence-corrected chi connectivity index (χ3v) is 4.41. The molecule has 0 saturated heterocycles. The molecule has 0 spiro atoms. The van der Waals surface area contributed by atoms with Gasteiger partial charge >= 0.3 is 0 Å². The molecule has 0 aliphatic carbocycles. The molecule has 31 heavy (non-hydrogen) atoms. The number of benzene rings is 2. The first-order valence-corrected chi connectivity index (χ1v) is 9.59. The van der Waals surface area contributed by atoms with Gasteiger partial charge in [-0.15, -0.1) is 24.0 Å². The maximum absolute atomic E-state index is 5.97. The molecular weight excluding hydrogens is 513 g/mol. The number of aliphatic imine (C=N–C) groups is 1. The first-order chi connectivity index (χ1) is 14.6. The van der Waals surface area contributed by atoms with E-state index in [1.54, 1.807) is 41.6 Å². The van der Waals surface area contributed by atoms with Crippen molar-refractivity contribution in [3.63, 3.8) is 0 Å². The van der Waals surface area contributed by atoms with E-state index in [9.17, 15) is 0 Å². The van der Waals surface area contributed by atoms with Crippen molar-refractivity contribution in [3.8, 4) is 28.7 Å². The van der Waals surface area contributed by atoms with Crippen LogP contribution in [0.15, 0.2) is 41.4 Å². The summed E-state index contributed by atoms with van der Waals surface area (Å²) in [7, 11) is 8.15. The molecule has 0 fully saturated rings. The number of methoxy groups -OCH3 is 4. The number of hydrogen-bond donors (Lipinski definition) is 2. The maximum atomic E-state index is 5.97. The molecule has 0 aromatic heterocycles. The summed E-state index contributed by atoms with van der Waals surface area (Å²) in [5.41, 5.74) is 0.913. The monoisotopic (exact) mass is 545 g/mol. The summed E-state index contributed by atoms with van der Waals surface area (Å²) in [6.45, 7) is 3.02. The van der Waals surface area contributed by atoms with E-state index in [2.05, 4.69) is 15.6 Å². The Kier molecular flexibility index (Phi) is 11.7. The van der Waals surface area contributed by atoms with Gasteiger partial charge in [-0.1, -0.05) is 12.1 Å². The molecule has 0 saturated carbocycles. The molecule has 9 heteroatoms. The summed E-state index contributed by atoms with van der Waals surface area (Å²) in [5.74, 6) is 3.99. The van der Waals surface area contributed by atoms with Gasteiger partial charge in [0, 0.05) is 25.2 Å². The second-order valence-electron chi connectivity index (χ2n) is 6.41. The Morgan fingerprint density at radius 2 is 1.42 bits per heavy atom. The van der Waals surface area contributed by atoms with E-state index in [1.165, 1.54) is 0 Å². The van der Waals surface area contributed by atoms with Gasteiger partial charge in [-0.25, -0.2) is 0 Å². The summed E-state index contributed by atoms with van der Waals surface area (Å²) < 4.78 is 27.5. The molecule has 8 nitrogen and oxygen atoms in total. The lowest BCUT2D eigenvalue weighted by Gasteiger charge is -2.19. The van der Waals surface area contributed by atoms with Gasteiger partial charge in [0.05, 0.1) is 35.0 Å². The Morgan fingerprint density at radius 1 is 0.839 bits per heavy atom. The van der Waals surface area contributed by atoms with Gasteiger partial charge in [-0.2, -0.15) is 0 Å². The predicted molar refractivity (Wildman–Crippen MR) is 133 cm³/mol. The van der Waals surface area contributed by atoms with Crippen molar-refractivity contribution in [1.29, 1.82) is 0 Å². The molecule has 1 unspecified atom stereocenters. The SMILES string of the molecule is CN=C(NCc1cc(OC)c(OC)cc1OC)NCC(C)Oc1ccccc1OC.I. The molecule has 0 radical (unpaired) electrons. The standard InChI is InChI=1S/C22H31N3O5.HI/c1-15(30-18-10-8-7-9-17(18)26-3)13-24-22(23-2)25-14-16-11-20(28-5)21(29-6)12-19(16)27-4;/h7-12,15H,13-14H2,1-6H3,(H2,23,24,25);1H. The molecule has 0 aliphatic heterocycles. The van der Waals surface area contributed by atoms with Crippen LogP contribution in [-0.2, 0) is 6.54 Å². The summed E-state index contributed by atoms with van der Waals surface area (Å²) in [6.07, 6.45) is -0.101. The number of para-hydroxylation sites is 2. The molecule has 0 heterocycles. The normalized spacial score (nSPS) is 11.6. The first kappa shape index (κ1) is 26.5. The van der Waals surface area contributed by atoms with Gasteiger partial charge in [0.1, 0.15) is 11.9 Å². The Bertz CT molecular complexity index is 848. The summed E-state index contributed by atoms with van der Waals surface area (Å²) in [4.78, 5) is 4.27. The average molecular weight is 545 g/mol. The summed E-state index contributed by atoms with van der Waals surface area (Å²) in [6, 6.07) is 11.2. The molecule has 0 aliphatic rings. The molecule has 0 bridgehead atoms. The second kappa shape index (κ2) is 13.7. The number of nitrogens with one attached hydrogen (secondary N) is 2. The van der Waals surface area contributed by atoms with Gasteiger partial charge in [0.2, 0.25) is 0 Å². The van der Waals surface area contributed by atoms with Crippen LogP contribution in [-0.4, -0.2) is 54.1 Å². The van der Waals surface area contributed by atoms with Gasteiger partial charge in [0.15, 0.2) is 29.0 Å². The van der Waals surface area contributed by atoms with E-state index in [1.807, 2.05) is 37.3 Å². The van der Waals surface area contributed by atoms with Gasteiger partial charge < -0.3 is 34.3 Å². The summed E-state index contributed by atoms with van der Waals surface area (Å²) in [5, 5.41) is 6.54. The van der Waals surface area contributed by atoms with Crippen molar-refractivity contribution < 1.29 is 23.7 Å². The minimum absolute atomic E-state index is 0. The molecule has 2 aromatic rings. The van der Waals surface area contributed by atoms with Crippen molar-refractivity contribution >= 4 is 29.9 Å². The molecule has 2 aromatic carbocycles. The zero-order valence-corrected chi connectivity index (χ0v) is 21.2. The van der Waals surface area contributed by atoms with Crippen LogP contribution in [0.4, 0.5) is 0 Å². The highest BCUT2D eigenvalue weighted by molar-refractivity contribution is 14.0. The van der Waals surface area contributed by atoms with Crippen LogP contribution in [0.5, 0.6) is 28.7 Å². The van der Waals surface area contributed by atoms with Crippen LogP contribution >= 0.6 is 24.0 Å². The fraction of sp³-hybridized carbons (Fsp3) is 0.409. The third-order valence-electron chi connectivity index (χ3n) is 4.41.